The van der Waals surface area contributed by atoms with Crippen LogP contribution in [0.25, 0.3) is 10.9 Å². The summed E-state index contributed by atoms with van der Waals surface area (Å²) in [5.41, 5.74) is 3.79. The van der Waals surface area contributed by atoms with Crippen LogP contribution in [0.4, 0.5) is 10.1 Å². The van der Waals surface area contributed by atoms with Crippen LogP contribution in [0, 0.1) is 5.82 Å². The van der Waals surface area contributed by atoms with Crippen LogP contribution in [0.2, 0.25) is 5.02 Å². The first kappa shape index (κ1) is 16.6. The summed E-state index contributed by atoms with van der Waals surface area (Å²) < 4.78 is 15.5. The van der Waals surface area contributed by atoms with Gasteiger partial charge in [0.15, 0.2) is 0 Å². The normalized spacial score (nSPS) is 11.5. The first-order chi connectivity index (χ1) is 12.7. The molecule has 0 bridgehead atoms. The van der Waals surface area contributed by atoms with Crippen molar-refractivity contribution in [2.45, 2.75) is 6.54 Å². The minimum Gasteiger partial charge on any atom is -0.343 e. The lowest BCUT2D eigenvalue weighted by molar-refractivity contribution is 0.624. The molecule has 0 radical (unpaired) electrons. The molecular weight excluding hydrogens is 347 g/mol. The minimum atomic E-state index is -0.211. The van der Waals surface area contributed by atoms with Gasteiger partial charge in [0.2, 0.25) is 0 Å². The van der Waals surface area contributed by atoms with Crippen molar-refractivity contribution < 1.29 is 4.39 Å². The van der Waals surface area contributed by atoms with Crippen molar-refractivity contribution in [1.29, 1.82) is 0 Å². The van der Waals surface area contributed by atoms with Gasteiger partial charge >= 0.3 is 0 Å². The maximum absolute atomic E-state index is 13.4. The Bertz CT molecular complexity index is 1100. The van der Waals surface area contributed by atoms with Crippen molar-refractivity contribution in [1.82, 2.24) is 4.57 Å². The van der Waals surface area contributed by atoms with E-state index in [0.29, 0.717) is 11.6 Å². The Balaban J connectivity index is 1.60. The van der Waals surface area contributed by atoms with E-state index in [2.05, 4.69) is 27.8 Å². The lowest BCUT2D eigenvalue weighted by Gasteiger charge is -2.06. The molecule has 4 aromatic rings. The Labute approximate surface area is 156 Å². The summed E-state index contributed by atoms with van der Waals surface area (Å²) in [4.78, 5) is 4.46. The van der Waals surface area contributed by atoms with Gasteiger partial charge in [0.1, 0.15) is 5.82 Å². The number of aliphatic imine (C=N–C) groups is 1. The predicted molar refractivity (Wildman–Crippen MR) is 106 cm³/mol. The van der Waals surface area contributed by atoms with Gasteiger partial charge in [-0.25, -0.2) is 4.39 Å². The summed E-state index contributed by atoms with van der Waals surface area (Å²) in [5, 5.41) is 1.75. The number of benzene rings is 3. The summed E-state index contributed by atoms with van der Waals surface area (Å²) in [6.07, 6.45) is 3.83. The van der Waals surface area contributed by atoms with Crippen LogP contribution in [0.15, 0.2) is 84.0 Å². The lowest BCUT2D eigenvalue weighted by Crippen LogP contribution is -1.98. The van der Waals surface area contributed by atoms with Gasteiger partial charge < -0.3 is 4.57 Å². The van der Waals surface area contributed by atoms with Crippen molar-refractivity contribution in [2.75, 3.05) is 0 Å². The molecule has 0 saturated carbocycles. The standard InChI is InChI=1S/C22H16ClFN2/c23-20-6-1-2-7-21(20)25-14-16-8-9-22-18(12-16)10-11-26(22)15-17-4-3-5-19(24)13-17/h1-14H,15H2. The van der Waals surface area contributed by atoms with E-state index in [0.717, 1.165) is 27.7 Å². The summed E-state index contributed by atoms with van der Waals surface area (Å²) in [6.45, 7) is 0.633. The number of aromatic nitrogens is 1. The van der Waals surface area contributed by atoms with E-state index in [9.17, 15) is 4.39 Å². The molecule has 0 aliphatic carbocycles. The fourth-order valence-corrected chi connectivity index (χ4v) is 3.15. The van der Waals surface area contributed by atoms with Gasteiger partial charge in [0, 0.05) is 29.9 Å². The molecule has 1 aromatic heterocycles. The van der Waals surface area contributed by atoms with Crippen LogP contribution in [-0.4, -0.2) is 10.8 Å². The van der Waals surface area contributed by atoms with E-state index in [4.69, 9.17) is 11.6 Å². The monoisotopic (exact) mass is 362 g/mol. The molecule has 26 heavy (non-hydrogen) atoms. The Morgan fingerprint density at radius 3 is 2.69 bits per heavy atom. The minimum absolute atomic E-state index is 0.211. The first-order valence-electron chi connectivity index (χ1n) is 8.31. The van der Waals surface area contributed by atoms with E-state index < -0.39 is 0 Å². The number of hydrogen-bond donors (Lipinski definition) is 0. The molecule has 4 heteroatoms. The molecular formula is C22H16ClFN2. The van der Waals surface area contributed by atoms with E-state index in [1.807, 2.05) is 48.8 Å². The Morgan fingerprint density at radius 1 is 0.962 bits per heavy atom. The first-order valence-corrected chi connectivity index (χ1v) is 8.69. The second-order valence-electron chi connectivity index (χ2n) is 6.10. The SMILES string of the molecule is Fc1cccc(Cn2ccc3cc(C=Nc4ccccc4Cl)ccc32)c1. The van der Waals surface area contributed by atoms with Crippen LogP contribution in [-0.2, 0) is 6.54 Å². The zero-order valence-corrected chi connectivity index (χ0v) is 14.7. The smallest absolute Gasteiger partial charge is 0.123 e. The van der Waals surface area contributed by atoms with Gasteiger partial charge in [0.25, 0.3) is 0 Å². The van der Waals surface area contributed by atoms with E-state index >= 15 is 0 Å². The number of halogens is 2. The average molecular weight is 363 g/mol. The third kappa shape index (κ3) is 3.53. The average Bonchev–Trinajstić information content (AvgIpc) is 3.03. The van der Waals surface area contributed by atoms with Crippen LogP contribution >= 0.6 is 11.6 Å². The topological polar surface area (TPSA) is 17.3 Å². The van der Waals surface area contributed by atoms with Crippen LogP contribution in [0.5, 0.6) is 0 Å². The molecule has 4 rings (SSSR count). The molecule has 0 spiro atoms. The molecule has 0 saturated heterocycles. The summed E-state index contributed by atoms with van der Waals surface area (Å²) in [5.74, 6) is -0.211. The van der Waals surface area contributed by atoms with Crippen molar-refractivity contribution in [3.8, 4) is 0 Å². The van der Waals surface area contributed by atoms with Crippen molar-refractivity contribution in [3.05, 3.63) is 101 Å². The number of para-hydroxylation sites is 1. The molecule has 2 nitrogen and oxygen atoms in total. The molecule has 0 N–H and O–H groups in total. The Kier molecular flexibility index (Phi) is 4.55. The quantitative estimate of drug-likeness (QED) is 0.383. The van der Waals surface area contributed by atoms with Gasteiger partial charge in [-0.05, 0) is 53.6 Å². The summed E-state index contributed by atoms with van der Waals surface area (Å²) in [6, 6.07) is 22.4. The maximum Gasteiger partial charge on any atom is 0.123 e. The highest BCUT2D eigenvalue weighted by atomic mass is 35.5. The van der Waals surface area contributed by atoms with E-state index in [1.54, 1.807) is 12.1 Å². The number of hydrogen-bond acceptors (Lipinski definition) is 1. The summed E-state index contributed by atoms with van der Waals surface area (Å²) >= 11 is 6.13. The molecule has 0 fully saturated rings. The lowest BCUT2D eigenvalue weighted by atomic mass is 10.1. The highest BCUT2D eigenvalue weighted by molar-refractivity contribution is 6.33. The molecule has 3 aromatic carbocycles. The Hall–Kier alpha value is -2.91. The van der Waals surface area contributed by atoms with Crippen LogP contribution < -0.4 is 0 Å². The highest BCUT2D eigenvalue weighted by Crippen LogP contribution is 2.24. The second kappa shape index (κ2) is 7.14. The van der Waals surface area contributed by atoms with Gasteiger partial charge in [-0.1, -0.05) is 41.9 Å². The number of nitrogens with zero attached hydrogens (tertiary/aromatic N) is 2. The van der Waals surface area contributed by atoms with Gasteiger partial charge in [-0.15, -0.1) is 0 Å². The van der Waals surface area contributed by atoms with Crippen molar-refractivity contribution in [2.24, 2.45) is 4.99 Å². The van der Waals surface area contributed by atoms with Gasteiger partial charge in [-0.2, -0.15) is 0 Å². The fraction of sp³-hybridized carbons (Fsp3) is 0.0455. The van der Waals surface area contributed by atoms with E-state index in [-0.39, 0.29) is 5.82 Å². The van der Waals surface area contributed by atoms with Crippen molar-refractivity contribution in [3.63, 3.8) is 0 Å². The predicted octanol–water partition coefficient (Wildman–Crippen LogP) is 6.23. The molecule has 128 valence electrons. The zero-order chi connectivity index (χ0) is 17.9. The third-order valence-electron chi connectivity index (χ3n) is 4.24. The summed E-state index contributed by atoms with van der Waals surface area (Å²) in [7, 11) is 0. The fourth-order valence-electron chi connectivity index (χ4n) is 2.97. The van der Waals surface area contributed by atoms with Crippen LogP contribution in [0.1, 0.15) is 11.1 Å². The maximum atomic E-state index is 13.4. The second-order valence-corrected chi connectivity index (χ2v) is 6.51. The number of fused-ring (bicyclic) bond motifs is 1. The molecule has 0 unspecified atom stereocenters. The van der Waals surface area contributed by atoms with Gasteiger partial charge in [-0.3, -0.25) is 4.99 Å². The molecule has 0 amide bonds. The molecule has 0 aliphatic rings. The zero-order valence-electron chi connectivity index (χ0n) is 13.9. The third-order valence-corrected chi connectivity index (χ3v) is 4.56. The van der Waals surface area contributed by atoms with E-state index in [1.165, 1.54) is 6.07 Å². The highest BCUT2D eigenvalue weighted by Gasteiger charge is 2.04. The molecule has 1 heterocycles. The van der Waals surface area contributed by atoms with Crippen LogP contribution in [0.3, 0.4) is 0 Å². The largest absolute Gasteiger partial charge is 0.343 e. The van der Waals surface area contributed by atoms with Gasteiger partial charge in [0.05, 0.1) is 10.7 Å². The van der Waals surface area contributed by atoms with Crippen molar-refractivity contribution >= 4 is 34.4 Å². The Morgan fingerprint density at radius 2 is 1.85 bits per heavy atom. The molecule has 0 aliphatic heterocycles. The number of rotatable bonds is 4. The molecule has 0 atom stereocenters.